The molecule has 0 bridgehead atoms. The van der Waals surface area contributed by atoms with Gasteiger partial charge in [0.15, 0.2) is 9.84 Å². The number of aliphatic hydroxyl groups is 1. The zero-order valence-corrected chi connectivity index (χ0v) is 17.9. The first-order valence-corrected chi connectivity index (χ1v) is 12.2. The van der Waals surface area contributed by atoms with Crippen molar-refractivity contribution in [1.29, 1.82) is 0 Å². The highest BCUT2D eigenvalue weighted by molar-refractivity contribution is 7.91. The van der Waals surface area contributed by atoms with Gasteiger partial charge in [-0.1, -0.05) is 24.3 Å². The SMILES string of the molecule is C[C@H]1[C@H](O)CN1c1nc(-c2ccc([C@@]3(N)CCS(=O)(=O)C3)cc2)c2c(n1)C(F)(F)CC2. The number of hydrogen-bond acceptors (Lipinski definition) is 7. The normalized spacial score (nSPS) is 30.8. The number of nitrogens with zero attached hydrogens (tertiary/aromatic N) is 3. The van der Waals surface area contributed by atoms with Crippen molar-refractivity contribution in [2.24, 2.45) is 5.73 Å². The molecule has 3 heterocycles. The van der Waals surface area contributed by atoms with E-state index in [0.717, 1.165) is 0 Å². The number of aromatic nitrogens is 2. The van der Waals surface area contributed by atoms with Gasteiger partial charge in [0, 0.05) is 24.1 Å². The summed E-state index contributed by atoms with van der Waals surface area (Å²) in [5, 5.41) is 9.83. The first-order valence-electron chi connectivity index (χ1n) is 10.3. The number of fused-ring (bicyclic) bond motifs is 1. The van der Waals surface area contributed by atoms with Gasteiger partial charge in [0.05, 0.1) is 34.9 Å². The van der Waals surface area contributed by atoms with Crippen molar-refractivity contribution in [3.63, 3.8) is 0 Å². The maximum absolute atomic E-state index is 14.5. The summed E-state index contributed by atoms with van der Waals surface area (Å²) in [5.41, 5.74) is 7.40. The fourth-order valence-electron chi connectivity index (χ4n) is 4.70. The number of nitrogens with two attached hydrogens (primary N) is 1. The predicted molar refractivity (Wildman–Crippen MR) is 112 cm³/mol. The van der Waals surface area contributed by atoms with E-state index in [1.807, 2.05) is 0 Å². The van der Waals surface area contributed by atoms with Gasteiger partial charge in [-0.15, -0.1) is 0 Å². The highest BCUT2D eigenvalue weighted by atomic mass is 32.2. The van der Waals surface area contributed by atoms with Crippen LogP contribution < -0.4 is 10.6 Å². The van der Waals surface area contributed by atoms with Crippen molar-refractivity contribution >= 4 is 15.8 Å². The topological polar surface area (TPSA) is 109 Å². The molecule has 2 saturated heterocycles. The lowest BCUT2D eigenvalue weighted by Gasteiger charge is -2.43. The smallest absolute Gasteiger partial charge is 0.290 e. The van der Waals surface area contributed by atoms with Crippen molar-refractivity contribution in [3.8, 4) is 11.3 Å². The second-order valence-electron chi connectivity index (χ2n) is 8.94. The number of rotatable bonds is 3. The van der Waals surface area contributed by atoms with Crippen LogP contribution in [0.1, 0.15) is 36.6 Å². The van der Waals surface area contributed by atoms with Crippen molar-refractivity contribution in [2.75, 3.05) is 23.0 Å². The molecule has 5 rings (SSSR count). The van der Waals surface area contributed by atoms with Gasteiger partial charge in [0.1, 0.15) is 5.69 Å². The fraction of sp³-hybridized carbons (Fsp3) is 0.524. The molecule has 0 radical (unpaired) electrons. The van der Waals surface area contributed by atoms with E-state index >= 15 is 0 Å². The van der Waals surface area contributed by atoms with Crippen molar-refractivity contribution in [1.82, 2.24) is 9.97 Å². The van der Waals surface area contributed by atoms with Crippen LogP contribution in [0.25, 0.3) is 11.3 Å². The summed E-state index contributed by atoms with van der Waals surface area (Å²) in [5.74, 6) is -2.88. The average molecular weight is 451 g/mol. The molecular weight excluding hydrogens is 426 g/mol. The molecule has 1 aliphatic carbocycles. The number of alkyl halides is 2. The molecule has 3 N–H and O–H groups in total. The van der Waals surface area contributed by atoms with Crippen LogP contribution >= 0.6 is 0 Å². The number of halogens is 2. The summed E-state index contributed by atoms with van der Waals surface area (Å²) >= 11 is 0. The van der Waals surface area contributed by atoms with Crippen LogP contribution in [0, 0.1) is 0 Å². The quantitative estimate of drug-likeness (QED) is 0.733. The highest BCUT2D eigenvalue weighted by Gasteiger charge is 2.45. The lowest BCUT2D eigenvalue weighted by molar-refractivity contribution is -0.00603. The zero-order chi connectivity index (χ0) is 22.2. The summed E-state index contributed by atoms with van der Waals surface area (Å²) in [6, 6.07) is 6.78. The monoisotopic (exact) mass is 450 g/mol. The molecule has 7 nitrogen and oxygen atoms in total. The summed E-state index contributed by atoms with van der Waals surface area (Å²) in [7, 11) is -3.16. The van der Waals surface area contributed by atoms with Crippen LogP contribution in [-0.2, 0) is 27.7 Å². The summed E-state index contributed by atoms with van der Waals surface area (Å²) in [4.78, 5) is 10.5. The van der Waals surface area contributed by atoms with Gasteiger partial charge in [-0.3, -0.25) is 0 Å². The Hall–Kier alpha value is -2.17. The second kappa shape index (κ2) is 6.66. The van der Waals surface area contributed by atoms with E-state index in [9.17, 15) is 22.3 Å². The third kappa shape index (κ3) is 3.32. The van der Waals surface area contributed by atoms with Crippen molar-refractivity contribution in [2.45, 2.75) is 49.8 Å². The Morgan fingerprint density at radius 1 is 1.19 bits per heavy atom. The molecule has 0 amide bonds. The average Bonchev–Trinajstić information content (AvgIpc) is 3.20. The molecule has 1 aromatic heterocycles. The zero-order valence-electron chi connectivity index (χ0n) is 17.1. The van der Waals surface area contributed by atoms with Crippen LogP contribution in [-0.4, -0.2) is 53.7 Å². The second-order valence-corrected chi connectivity index (χ2v) is 11.1. The Balaban J connectivity index is 1.55. The van der Waals surface area contributed by atoms with E-state index in [1.165, 1.54) is 0 Å². The first kappa shape index (κ1) is 20.7. The standard InChI is InChI=1S/C21H24F2N4O3S/c1-12-16(28)10-27(12)19-25-17(15-6-7-21(22,23)18(15)26-19)13-2-4-14(5-3-13)20(24)8-9-31(29,30)11-20/h2-5,12,16,28H,6-11,24H2,1H3/t12-,16+,20+/m0/s1. The molecule has 0 saturated carbocycles. The summed E-state index contributed by atoms with van der Waals surface area (Å²) in [6.07, 6.45) is -0.323. The third-order valence-electron chi connectivity index (χ3n) is 6.79. The van der Waals surface area contributed by atoms with Gasteiger partial charge in [0.25, 0.3) is 5.92 Å². The number of benzene rings is 1. The minimum absolute atomic E-state index is 0.0585. The molecule has 3 atom stereocenters. The Morgan fingerprint density at radius 3 is 2.48 bits per heavy atom. The van der Waals surface area contributed by atoms with E-state index in [2.05, 4.69) is 9.97 Å². The molecule has 1 aromatic carbocycles. The lowest BCUT2D eigenvalue weighted by atomic mass is 9.89. The molecular formula is C21H24F2N4O3S. The number of anilines is 1. The van der Waals surface area contributed by atoms with Gasteiger partial charge < -0.3 is 15.7 Å². The number of β-amino-alcohol motifs (C(OH)–C–C–N with tert-alkyl or cyclic N) is 1. The van der Waals surface area contributed by atoms with Crippen LogP contribution in [0.4, 0.5) is 14.7 Å². The van der Waals surface area contributed by atoms with E-state index in [1.54, 1.807) is 36.1 Å². The fourth-order valence-corrected chi connectivity index (χ4v) is 6.61. The minimum Gasteiger partial charge on any atom is -0.389 e. The summed E-state index contributed by atoms with van der Waals surface area (Å²) in [6.45, 7) is 2.10. The molecule has 31 heavy (non-hydrogen) atoms. The van der Waals surface area contributed by atoms with Gasteiger partial charge >= 0.3 is 0 Å². The Bertz CT molecular complexity index is 1160. The molecule has 0 unspecified atom stereocenters. The van der Waals surface area contributed by atoms with Gasteiger partial charge in [-0.2, -0.15) is 8.78 Å². The first-order chi connectivity index (χ1) is 14.5. The van der Waals surface area contributed by atoms with Crippen LogP contribution in [0.3, 0.4) is 0 Å². The van der Waals surface area contributed by atoms with Gasteiger partial charge in [0.2, 0.25) is 5.95 Å². The van der Waals surface area contributed by atoms with Crippen molar-refractivity contribution < 1.29 is 22.3 Å². The molecule has 3 aliphatic rings. The Labute approximate surface area is 179 Å². The van der Waals surface area contributed by atoms with E-state index < -0.39 is 27.4 Å². The summed E-state index contributed by atoms with van der Waals surface area (Å²) < 4.78 is 52.8. The largest absolute Gasteiger partial charge is 0.389 e. The van der Waals surface area contributed by atoms with E-state index in [0.29, 0.717) is 35.3 Å². The molecule has 2 aliphatic heterocycles. The Morgan fingerprint density at radius 2 is 1.90 bits per heavy atom. The molecule has 0 spiro atoms. The number of aliphatic hydroxyl groups excluding tert-OH is 1. The van der Waals surface area contributed by atoms with Gasteiger partial charge in [-0.05, 0) is 25.3 Å². The number of sulfone groups is 1. The van der Waals surface area contributed by atoms with E-state index in [-0.39, 0.29) is 42.0 Å². The maximum atomic E-state index is 14.5. The van der Waals surface area contributed by atoms with Crippen LogP contribution in [0.2, 0.25) is 0 Å². The molecule has 2 aromatic rings. The minimum atomic E-state index is -3.16. The van der Waals surface area contributed by atoms with Gasteiger partial charge in [-0.25, -0.2) is 18.4 Å². The maximum Gasteiger partial charge on any atom is 0.290 e. The van der Waals surface area contributed by atoms with Crippen LogP contribution in [0.5, 0.6) is 0 Å². The molecule has 2 fully saturated rings. The predicted octanol–water partition coefficient (Wildman–Crippen LogP) is 1.72. The molecule has 10 heteroatoms. The number of hydrogen-bond donors (Lipinski definition) is 2. The Kier molecular flexibility index (Phi) is 4.45. The lowest BCUT2D eigenvalue weighted by Crippen LogP contribution is -2.59. The highest BCUT2D eigenvalue weighted by Crippen LogP contribution is 2.45. The van der Waals surface area contributed by atoms with Crippen molar-refractivity contribution in [3.05, 3.63) is 41.1 Å². The van der Waals surface area contributed by atoms with E-state index in [4.69, 9.17) is 5.73 Å². The molecule has 166 valence electrons. The third-order valence-corrected chi connectivity index (χ3v) is 8.57. The van der Waals surface area contributed by atoms with Crippen LogP contribution in [0.15, 0.2) is 24.3 Å².